The lowest BCUT2D eigenvalue weighted by atomic mass is 10.0. The van der Waals surface area contributed by atoms with Crippen molar-refractivity contribution in [1.29, 1.82) is 0 Å². The van der Waals surface area contributed by atoms with Crippen LogP contribution in [0.2, 0.25) is 5.15 Å². The average Bonchev–Trinajstić information content (AvgIpc) is 3.21. The molecule has 3 aromatic carbocycles. The van der Waals surface area contributed by atoms with Gasteiger partial charge in [-0.15, -0.1) is 0 Å². The number of aliphatic carboxylic acids is 1. The number of benzene rings is 3. The minimum atomic E-state index is -4.16. The number of amides is 1. The first-order chi connectivity index (χ1) is 18.7. The number of imidazole rings is 1. The van der Waals surface area contributed by atoms with E-state index in [1.165, 1.54) is 6.07 Å². The molecule has 0 aliphatic heterocycles. The number of hydrogen-bond acceptors (Lipinski definition) is 5. The second kappa shape index (κ2) is 12.3. The van der Waals surface area contributed by atoms with E-state index in [0.29, 0.717) is 29.8 Å². The zero-order chi connectivity index (χ0) is 28.0. The van der Waals surface area contributed by atoms with Crippen LogP contribution in [0.15, 0.2) is 83.8 Å². The first kappa shape index (κ1) is 28.1. The van der Waals surface area contributed by atoms with Crippen LogP contribution in [-0.4, -0.2) is 35.0 Å². The van der Waals surface area contributed by atoms with E-state index in [4.69, 9.17) is 11.6 Å². The van der Waals surface area contributed by atoms with Crippen LogP contribution in [-0.2, 0) is 34.2 Å². The molecule has 10 heteroatoms. The van der Waals surface area contributed by atoms with Crippen molar-refractivity contribution in [1.82, 2.24) is 14.3 Å². The molecule has 1 amide bonds. The van der Waals surface area contributed by atoms with Gasteiger partial charge in [-0.3, -0.25) is 9.59 Å². The normalized spacial score (nSPS) is 11.3. The lowest BCUT2D eigenvalue weighted by Gasteiger charge is -2.14. The number of nitrogens with zero attached hydrogens (tertiary/aromatic N) is 2. The van der Waals surface area contributed by atoms with Gasteiger partial charge in [0.15, 0.2) is 5.15 Å². The molecule has 0 saturated heterocycles. The highest BCUT2D eigenvalue weighted by molar-refractivity contribution is 7.90. The Hall–Kier alpha value is -3.95. The molecule has 0 saturated carbocycles. The van der Waals surface area contributed by atoms with E-state index in [-0.39, 0.29) is 22.0 Å². The van der Waals surface area contributed by atoms with E-state index >= 15 is 0 Å². The van der Waals surface area contributed by atoms with Gasteiger partial charge < -0.3 is 9.67 Å². The van der Waals surface area contributed by atoms with Crippen molar-refractivity contribution in [2.75, 3.05) is 0 Å². The third-order valence-corrected chi connectivity index (χ3v) is 7.91. The molecule has 39 heavy (non-hydrogen) atoms. The first-order valence-electron chi connectivity index (χ1n) is 12.5. The summed E-state index contributed by atoms with van der Waals surface area (Å²) in [5.41, 5.74) is 2.65. The summed E-state index contributed by atoms with van der Waals surface area (Å²) in [5.74, 6) is -0.976. The molecule has 0 spiro atoms. The van der Waals surface area contributed by atoms with Crippen molar-refractivity contribution < 1.29 is 23.1 Å². The number of nitrogens with one attached hydrogen (secondary N) is 1. The number of rotatable bonds is 11. The molecule has 8 nitrogen and oxygen atoms in total. The summed E-state index contributed by atoms with van der Waals surface area (Å²) >= 11 is 6.30. The summed E-state index contributed by atoms with van der Waals surface area (Å²) in [5, 5.41) is 9.56. The molecule has 0 atom stereocenters. The van der Waals surface area contributed by atoms with Gasteiger partial charge in [-0.25, -0.2) is 18.1 Å². The number of hydrogen-bond donors (Lipinski definition) is 2. The van der Waals surface area contributed by atoms with Crippen molar-refractivity contribution in [3.8, 4) is 11.1 Å². The number of unbranched alkanes of at least 4 members (excludes halogenated alkanes) is 1. The maximum atomic E-state index is 13.2. The smallest absolute Gasteiger partial charge is 0.309 e. The number of halogens is 1. The Bertz CT molecular complexity index is 1580. The van der Waals surface area contributed by atoms with Crippen LogP contribution in [0.4, 0.5) is 0 Å². The molecule has 0 unspecified atom stereocenters. The summed E-state index contributed by atoms with van der Waals surface area (Å²) in [6.07, 6.45) is 2.29. The zero-order valence-corrected chi connectivity index (χ0v) is 22.9. The largest absolute Gasteiger partial charge is 0.481 e. The molecule has 0 aliphatic carbocycles. The Kier molecular flexibility index (Phi) is 8.83. The quantitative estimate of drug-likeness (QED) is 0.253. The molecule has 202 valence electrons. The number of sulfonamides is 1. The van der Waals surface area contributed by atoms with Gasteiger partial charge in [0.05, 0.1) is 17.0 Å². The number of carbonyl (C=O) groups excluding carboxylic acids is 1. The standard InChI is InChI=1S/C29H28ClN3O5S/c1-2-3-13-26-31-28(30)24(18-27(34)35)33(26)19-20-14-16-21(17-15-20)23-11-7-8-12-25(23)39(37,38)32-29(36)22-9-5-4-6-10-22/h4-12,14-17H,2-3,13,18-19H2,1H3,(H,32,36)(H,34,35). The molecular formula is C29H28ClN3O5S. The van der Waals surface area contributed by atoms with Crippen LogP contribution in [0.5, 0.6) is 0 Å². The van der Waals surface area contributed by atoms with Gasteiger partial charge in [-0.1, -0.05) is 85.6 Å². The molecule has 0 aliphatic rings. The SMILES string of the molecule is CCCCc1nc(Cl)c(CC(=O)O)n1Cc1ccc(-c2ccccc2S(=O)(=O)NC(=O)c2ccccc2)cc1. The van der Waals surface area contributed by atoms with Crippen LogP contribution in [0.25, 0.3) is 11.1 Å². The fourth-order valence-electron chi connectivity index (χ4n) is 4.27. The highest BCUT2D eigenvalue weighted by Gasteiger charge is 2.23. The van der Waals surface area contributed by atoms with Gasteiger partial charge in [-0.2, -0.15) is 0 Å². The highest BCUT2D eigenvalue weighted by atomic mass is 35.5. The summed E-state index contributed by atoms with van der Waals surface area (Å²) in [7, 11) is -4.16. The minimum Gasteiger partial charge on any atom is -0.481 e. The molecule has 4 rings (SSSR count). The molecular weight excluding hydrogens is 538 g/mol. The number of carbonyl (C=O) groups is 2. The van der Waals surface area contributed by atoms with Gasteiger partial charge in [-0.05, 0) is 35.7 Å². The Morgan fingerprint density at radius 2 is 1.64 bits per heavy atom. The number of carboxylic acid groups (broad SMARTS) is 1. The van der Waals surface area contributed by atoms with Crippen molar-refractivity contribution in [3.05, 3.63) is 107 Å². The third-order valence-electron chi connectivity index (χ3n) is 6.22. The van der Waals surface area contributed by atoms with Gasteiger partial charge in [0.1, 0.15) is 5.82 Å². The van der Waals surface area contributed by atoms with Gasteiger partial charge in [0, 0.05) is 24.1 Å². The summed E-state index contributed by atoms with van der Waals surface area (Å²) in [6.45, 7) is 2.44. The number of aromatic nitrogens is 2. The number of carboxylic acids is 1. The van der Waals surface area contributed by atoms with Gasteiger partial charge >= 0.3 is 5.97 Å². The molecule has 0 radical (unpaired) electrons. The molecule has 0 fully saturated rings. The molecule has 0 bridgehead atoms. The zero-order valence-electron chi connectivity index (χ0n) is 21.3. The van der Waals surface area contributed by atoms with Gasteiger partial charge in [0.25, 0.3) is 15.9 Å². The minimum absolute atomic E-state index is 0.0194. The van der Waals surface area contributed by atoms with Crippen LogP contribution in [0, 0.1) is 0 Å². The van der Waals surface area contributed by atoms with E-state index in [2.05, 4.69) is 16.6 Å². The van der Waals surface area contributed by atoms with Crippen LogP contribution in [0.1, 0.15) is 47.2 Å². The lowest BCUT2D eigenvalue weighted by molar-refractivity contribution is -0.136. The Labute approximate surface area is 232 Å². The second-order valence-electron chi connectivity index (χ2n) is 9.02. The number of aryl methyl sites for hydroxylation is 1. The van der Waals surface area contributed by atoms with Crippen molar-refractivity contribution >= 4 is 33.5 Å². The molecule has 1 aromatic heterocycles. The Morgan fingerprint density at radius 3 is 2.31 bits per heavy atom. The van der Waals surface area contributed by atoms with Crippen molar-refractivity contribution in [2.45, 2.75) is 44.0 Å². The molecule has 1 heterocycles. The van der Waals surface area contributed by atoms with E-state index in [9.17, 15) is 23.1 Å². The van der Waals surface area contributed by atoms with Gasteiger partial charge in [0.2, 0.25) is 0 Å². The van der Waals surface area contributed by atoms with E-state index in [0.717, 1.165) is 24.2 Å². The van der Waals surface area contributed by atoms with Crippen LogP contribution in [0.3, 0.4) is 0 Å². The highest BCUT2D eigenvalue weighted by Crippen LogP contribution is 2.28. The van der Waals surface area contributed by atoms with E-state index < -0.39 is 21.9 Å². The maximum Gasteiger partial charge on any atom is 0.309 e. The van der Waals surface area contributed by atoms with Crippen molar-refractivity contribution in [2.24, 2.45) is 0 Å². The average molecular weight is 566 g/mol. The molecule has 4 aromatic rings. The fourth-order valence-corrected chi connectivity index (χ4v) is 5.74. The molecule has 2 N–H and O–H groups in total. The summed E-state index contributed by atoms with van der Waals surface area (Å²) < 4.78 is 30.3. The second-order valence-corrected chi connectivity index (χ2v) is 11.0. The first-order valence-corrected chi connectivity index (χ1v) is 14.3. The lowest BCUT2D eigenvalue weighted by Crippen LogP contribution is -2.30. The monoisotopic (exact) mass is 565 g/mol. The fraction of sp³-hybridized carbons (Fsp3) is 0.207. The van der Waals surface area contributed by atoms with Crippen molar-refractivity contribution in [3.63, 3.8) is 0 Å². The Morgan fingerprint density at radius 1 is 0.974 bits per heavy atom. The summed E-state index contributed by atoms with van der Waals surface area (Å²) in [4.78, 5) is 28.4. The van der Waals surface area contributed by atoms with Crippen LogP contribution >= 0.6 is 11.6 Å². The van der Waals surface area contributed by atoms with E-state index in [1.54, 1.807) is 60.7 Å². The predicted molar refractivity (Wildman–Crippen MR) is 149 cm³/mol. The predicted octanol–water partition coefficient (Wildman–Crippen LogP) is 5.34. The maximum absolute atomic E-state index is 13.2. The topological polar surface area (TPSA) is 118 Å². The summed E-state index contributed by atoms with van der Waals surface area (Å²) in [6, 6.07) is 21.9. The van der Waals surface area contributed by atoms with E-state index in [1.807, 2.05) is 16.7 Å². The van der Waals surface area contributed by atoms with Crippen LogP contribution < -0.4 is 4.72 Å². The Balaban J connectivity index is 1.61. The third kappa shape index (κ3) is 6.74.